The monoisotopic (exact) mass is 361 g/mol. The van der Waals surface area contributed by atoms with Gasteiger partial charge in [0.25, 0.3) is 0 Å². The summed E-state index contributed by atoms with van der Waals surface area (Å²) in [5.74, 6) is -1.26. The maximum absolute atomic E-state index is 12.4. The molecule has 26 heavy (non-hydrogen) atoms. The van der Waals surface area contributed by atoms with E-state index in [4.69, 9.17) is 5.11 Å². The van der Waals surface area contributed by atoms with Crippen LogP contribution in [0.5, 0.6) is 0 Å². The van der Waals surface area contributed by atoms with Gasteiger partial charge in [-0.2, -0.15) is 0 Å². The van der Waals surface area contributed by atoms with Crippen LogP contribution in [-0.4, -0.2) is 54.1 Å². The molecule has 0 bridgehead atoms. The van der Waals surface area contributed by atoms with Gasteiger partial charge in [0.2, 0.25) is 5.91 Å². The van der Waals surface area contributed by atoms with Crippen molar-refractivity contribution in [2.75, 3.05) is 14.1 Å². The van der Waals surface area contributed by atoms with Gasteiger partial charge in [0.05, 0.1) is 5.92 Å². The fraction of sp³-hybridized carbons (Fsp3) is 0.526. The van der Waals surface area contributed by atoms with Gasteiger partial charge in [-0.05, 0) is 31.2 Å². The highest BCUT2D eigenvalue weighted by Crippen LogP contribution is 2.24. The number of aliphatic carboxylic acids is 1. The summed E-state index contributed by atoms with van der Waals surface area (Å²) >= 11 is 0. The molecule has 0 heterocycles. The molecule has 0 saturated heterocycles. The predicted octanol–water partition coefficient (Wildman–Crippen LogP) is 1.63. The van der Waals surface area contributed by atoms with Gasteiger partial charge in [0.1, 0.15) is 6.04 Å². The molecule has 2 rings (SSSR count). The Hall–Kier alpha value is -2.57. The maximum atomic E-state index is 12.4. The lowest BCUT2D eigenvalue weighted by molar-refractivity contribution is -0.142. The van der Waals surface area contributed by atoms with E-state index < -0.39 is 12.0 Å². The quantitative estimate of drug-likeness (QED) is 0.717. The number of benzene rings is 1. The zero-order valence-electron chi connectivity index (χ0n) is 15.3. The number of carboxylic acid groups (broad SMARTS) is 1. The first kappa shape index (κ1) is 19.8. The Labute approximate surface area is 153 Å². The number of likely N-dealkylation sites (N-methyl/N-ethyl adjacent to an activating group) is 1. The smallest absolute Gasteiger partial charge is 0.315 e. The van der Waals surface area contributed by atoms with Crippen LogP contribution in [0, 0.1) is 5.92 Å². The molecule has 1 aliphatic carbocycles. The van der Waals surface area contributed by atoms with Crippen molar-refractivity contribution in [1.82, 2.24) is 15.5 Å². The third-order valence-corrected chi connectivity index (χ3v) is 4.74. The Morgan fingerprint density at radius 3 is 2.27 bits per heavy atom. The highest BCUT2D eigenvalue weighted by molar-refractivity contribution is 5.87. The average molecular weight is 361 g/mol. The first-order chi connectivity index (χ1) is 12.4. The van der Waals surface area contributed by atoms with Gasteiger partial charge in [-0.3, -0.25) is 9.59 Å². The molecule has 7 heteroatoms. The number of nitrogens with one attached hydrogen (secondary N) is 2. The molecule has 0 aliphatic heterocycles. The lowest BCUT2D eigenvalue weighted by Crippen LogP contribution is -2.53. The summed E-state index contributed by atoms with van der Waals surface area (Å²) in [7, 11) is 3.32. The van der Waals surface area contributed by atoms with E-state index in [2.05, 4.69) is 10.6 Å². The molecule has 0 radical (unpaired) electrons. The molecular weight excluding hydrogens is 334 g/mol. The molecule has 1 fully saturated rings. The molecule has 0 spiro atoms. The summed E-state index contributed by atoms with van der Waals surface area (Å²) in [6.07, 6.45) is 2.80. The molecule has 142 valence electrons. The van der Waals surface area contributed by atoms with Crippen LogP contribution < -0.4 is 10.6 Å². The molecule has 7 nitrogen and oxygen atoms in total. The van der Waals surface area contributed by atoms with E-state index in [1.165, 1.54) is 4.90 Å². The van der Waals surface area contributed by atoms with Gasteiger partial charge in [0, 0.05) is 26.6 Å². The molecule has 0 aromatic heterocycles. The van der Waals surface area contributed by atoms with Crippen molar-refractivity contribution in [3.8, 4) is 0 Å². The van der Waals surface area contributed by atoms with Crippen molar-refractivity contribution in [3.63, 3.8) is 0 Å². The van der Waals surface area contributed by atoms with Crippen LogP contribution in [0.15, 0.2) is 30.3 Å². The minimum atomic E-state index is -0.771. The van der Waals surface area contributed by atoms with Crippen molar-refractivity contribution >= 4 is 17.9 Å². The third kappa shape index (κ3) is 5.75. The van der Waals surface area contributed by atoms with E-state index in [-0.39, 0.29) is 23.9 Å². The van der Waals surface area contributed by atoms with E-state index in [1.807, 2.05) is 30.3 Å². The number of rotatable bonds is 6. The highest BCUT2D eigenvalue weighted by atomic mass is 16.4. The number of hydrogen-bond donors (Lipinski definition) is 3. The summed E-state index contributed by atoms with van der Waals surface area (Å²) in [6, 6.07) is 8.44. The third-order valence-electron chi connectivity index (χ3n) is 4.74. The zero-order valence-corrected chi connectivity index (χ0v) is 15.3. The minimum absolute atomic E-state index is 0.0579. The van der Waals surface area contributed by atoms with Crippen molar-refractivity contribution in [2.24, 2.45) is 5.92 Å². The number of nitrogens with zero attached hydrogens (tertiary/aromatic N) is 1. The number of carboxylic acids is 1. The van der Waals surface area contributed by atoms with E-state index in [0.717, 1.165) is 5.56 Å². The van der Waals surface area contributed by atoms with Crippen LogP contribution in [0.2, 0.25) is 0 Å². The van der Waals surface area contributed by atoms with Gasteiger partial charge in [-0.15, -0.1) is 0 Å². The van der Waals surface area contributed by atoms with E-state index in [1.54, 1.807) is 14.1 Å². The van der Waals surface area contributed by atoms with Gasteiger partial charge in [-0.1, -0.05) is 30.3 Å². The van der Waals surface area contributed by atoms with Gasteiger partial charge in [-0.25, -0.2) is 4.79 Å². The van der Waals surface area contributed by atoms with E-state index in [0.29, 0.717) is 32.1 Å². The number of amides is 3. The number of carbonyl (C=O) groups is 3. The summed E-state index contributed by atoms with van der Waals surface area (Å²) < 4.78 is 0. The molecule has 1 aliphatic rings. The molecular formula is C19H27N3O4. The largest absolute Gasteiger partial charge is 0.481 e. The average Bonchev–Trinajstić information content (AvgIpc) is 2.61. The second-order valence-electron chi connectivity index (χ2n) is 6.98. The maximum Gasteiger partial charge on any atom is 0.315 e. The second kappa shape index (κ2) is 9.22. The highest BCUT2D eigenvalue weighted by Gasteiger charge is 2.28. The fourth-order valence-corrected chi connectivity index (χ4v) is 3.23. The van der Waals surface area contributed by atoms with Crippen molar-refractivity contribution < 1.29 is 19.5 Å². The lowest BCUT2D eigenvalue weighted by atomic mass is 9.86. The summed E-state index contributed by atoms with van der Waals surface area (Å²) in [5.41, 5.74) is 0.968. The zero-order chi connectivity index (χ0) is 19.1. The second-order valence-corrected chi connectivity index (χ2v) is 6.98. The Balaban J connectivity index is 1.91. The van der Waals surface area contributed by atoms with E-state index in [9.17, 15) is 14.4 Å². The molecule has 1 unspecified atom stereocenters. The minimum Gasteiger partial charge on any atom is -0.481 e. The molecule has 1 atom stereocenters. The number of urea groups is 1. The van der Waals surface area contributed by atoms with Crippen molar-refractivity contribution in [3.05, 3.63) is 35.9 Å². The Morgan fingerprint density at radius 2 is 1.73 bits per heavy atom. The van der Waals surface area contributed by atoms with Gasteiger partial charge >= 0.3 is 12.0 Å². The molecule has 1 aromatic carbocycles. The Bertz CT molecular complexity index is 625. The van der Waals surface area contributed by atoms with Crippen LogP contribution in [0.3, 0.4) is 0 Å². The van der Waals surface area contributed by atoms with Crippen LogP contribution in [-0.2, 0) is 16.0 Å². The number of carbonyl (C=O) groups excluding carboxylic acids is 2. The summed E-state index contributed by atoms with van der Waals surface area (Å²) in [5, 5.41) is 14.7. The molecule has 1 aromatic rings. The fourth-order valence-electron chi connectivity index (χ4n) is 3.23. The summed E-state index contributed by atoms with van der Waals surface area (Å²) in [6.45, 7) is 0. The summed E-state index contributed by atoms with van der Waals surface area (Å²) in [4.78, 5) is 37.2. The topological polar surface area (TPSA) is 98.7 Å². The first-order valence-electron chi connectivity index (χ1n) is 8.91. The predicted molar refractivity (Wildman–Crippen MR) is 97.7 cm³/mol. The van der Waals surface area contributed by atoms with E-state index >= 15 is 0 Å². The number of hydrogen-bond acceptors (Lipinski definition) is 3. The van der Waals surface area contributed by atoms with Crippen LogP contribution in [0.4, 0.5) is 4.79 Å². The molecule has 3 amide bonds. The van der Waals surface area contributed by atoms with Gasteiger partial charge in [0.15, 0.2) is 0 Å². The van der Waals surface area contributed by atoms with Crippen molar-refractivity contribution in [1.29, 1.82) is 0 Å². The molecule has 3 N–H and O–H groups in total. The molecule has 1 saturated carbocycles. The normalized spacial score (nSPS) is 20.7. The first-order valence-corrected chi connectivity index (χ1v) is 8.91. The van der Waals surface area contributed by atoms with Crippen LogP contribution in [0.1, 0.15) is 31.2 Å². The van der Waals surface area contributed by atoms with Crippen LogP contribution >= 0.6 is 0 Å². The van der Waals surface area contributed by atoms with Gasteiger partial charge < -0.3 is 20.6 Å². The Kier molecular flexibility index (Phi) is 7.00. The Morgan fingerprint density at radius 1 is 1.12 bits per heavy atom. The lowest BCUT2D eigenvalue weighted by Gasteiger charge is -2.28. The standard InChI is InChI=1S/C19H27N3O4/c1-22(2)17(23)16(12-13-6-4-3-5-7-13)21-19(26)20-15-10-8-14(9-11-15)18(24)25/h3-7,14-16H,8-12H2,1-2H3,(H,24,25)(H2,20,21,26). The van der Waals surface area contributed by atoms with Crippen LogP contribution in [0.25, 0.3) is 0 Å². The SMILES string of the molecule is CN(C)C(=O)C(Cc1ccccc1)NC(=O)NC1CCC(C(=O)O)CC1. The van der Waals surface area contributed by atoms with Crippen molar-refractivity contribution in [2.45, 2.75) is 44.2 Å².